The maximum absolute atomic E-state index is 5.79. The van der Waals surface area contributed by atoms with Gasteiger partial charge in [-0.15, -0.1) is 23.1 Å². The summed E-state index contributed by atoms with van der Waals surface area (Å²) < 4.78 is 1.19. The molecule has 1 rings (SSSR count). The highest BCUT2D eigenvalue weighted by molar-refractivity contribution is 9.11. The number of halogens is 1. The van der Waals surface area contributed by atoms with Crippen LogP contribution in [0.4, 0.5) is 0 Å². The Kier molecular flexibility index (Phi) is 5.52. The van der Waals surface area contributed by atoms with E-state index >= 15 is 0 Å². The van der Waals surface area contributed by atoms with Gasteiger partial charge in [0.25, 0.3) is 0 Å². The van der Waals surface area contributed by atoms with Crippen LogP contribution in [0.5, 0.6) is 0 Å². The van der Waals surface area contributed by atoms with E-state index in [1.54, 1.807) is 11.3 Å². The van der Waals surface area contributed by atoms with E-state index in [0.29, 0.717) is 10.5 Å². The molecule has 0 aliphatic heterocycles. The molecule has 2 atom stereocenters. The van der Waals surface area contributed by atoms with Crippen LogP contribution in [0.25, 0.3) is 0 Å². The Balaban J connectivity index is 2.62. The Morgan fingerprint density at radius 2 is 2.29 bits per heavy atom. The summed E-state index contributed by atoms with van der Waals surface area (Å²) in [4.78, 5) is 1.38. The maximum atomic E-state index is 5.79. The van der Waals surface area contributed by atoms with Crippen LogP contribution in [0, 0.1) is 0 Å². The van der Waals surface area contributed by atoms with Crippen molar-refractivity contribution in [3.8, 4) is 0 Å². The maximum Gasteiger partial charge on any atom is 0.0701 e. The first-order valence-corrected chi connectivity index (χ1v) is 7.33. The standard InChI is InChI=1S/C10H16BrNS2/c1-3-7(2)13-9(6-12)8-4-5-10(11)14-8/h4-5,7,9H,3,6,12H2,1-2H3. The van der Waals surface area contributed by atoms with E-state index in [1.807, 2.05) is 11.8 Å². The molecular weight excluding hydrogens is 278 g/mol. The van der Waals surface area contributed by atoms with Gasteiger partial charge in [0, 0.05) is 16.7 Å². The minimum atomic E-state index is 0.459. The number of nitrogens with two attached hydrogens (primary N) is 1. The molecule has 0 amide bonds. The summed E-state index contributed by atoms with van der Waals surface area (Å²) >= 11 is 7.25. The van der Waals surface area contributed by atoms with Crippen molar-refractivity contribution >= 4 is 39.0 Å². The Morgan fingerprint density at radius 3 is 2.71 bits per heavy atom. The fraction of sp³-hybridized carbons (Fsp3) is 0.600. The van der Waals surface area contributed by atoms with Crippen LogP contribution < -0.4 is 5.73 Å². The lowest BCUT2D eigenvalue weighted by molar-refractivity contribution is 0.880. The second-order valence-corrected chi connectivity index (χ2v) is 7.36. The SMILES string of the molecule is CCC(C)SC(CN)c1ccc(Br)s1. The normalized spacial score (nSPS) is 15.4. The van der Waals surface area contributed by atoms with Crippen molar-refractivity contribution in [3.63, 3.8) is 0 Å². The third kappa shape index (κ3) is 3.57. The zero-order valence-corrected chi connectivity index (χ0v) is 11.7. The van der Waals surface area contributed by atoms with Gasteiger partial charge in [-0.3, -0.25) is 0 Å². The summed E-state index contributed by atoms with van der Waals surface area (Å²) in [6.07, 6.45) is 1.20. The van der Waals surface area contributed by atoms with Crippen molar-refractivity contribution in [2.75, 3.05) is 6.54 Å². The molecule has 4 heteroatoms. The van der Waals surface area contributed by atoms with Crippen LogP contribution >= 0.6 is 39.0 Å². The lowest BCUT2D eigenvalue weighted by atomic mass is 10.3. The van der Waals surface area contributed by atoms with E-state index in [4.69, 9.17) is 5.73 Å². The topological polar surface area (TPSA) is 26.0 Å². The van der Waals surface area contributed by atoms with E-state index < -0.39 is 0 Å². The molecule has 2 unspecified atom stereocenters. The van der Waals surface area contributed by atoms with Gasteiger partial charge < -0.3 is 5.73 Å². The fourth-order valence-corrected chi connectivity index (χ4v) is 3.92. The molecule has 0 fully saturated rings. The van der Waals surface area contributed by atoms with Gasteiger partial charge in [0.1, 0.15) is 0 Å². The highest BCUT2D eigenvalue weighted by Gasteiger charge is 2.15. The molecule has 80 valence electrons. The van der Waals surface area contributed by atoms with E-state index in [1.165, 1.54) is 15.1 Å². The van der Waals surface area contributed by atoms with Crippen molar-refractivity contribution in [3.05, 3.63) is 20.8 Å². The summed E-state index contributed by atoms with van der Waals surface area (Å²) in [6, 6.07) is 4.27. The van der Waals surface area contributed by atoms with Crippen LogP contribution in [-0.4, -0.2) is 11.8 Å². The van der Waals surface area contributed by atoms with Gasteiger partial charge in [-0.1, -0.05) is 13.8 Å². The lowest BCUT2D eigenvalue weighted by Gasteiger charge is -2.16. The molecule has 14 heavy (non-hydrogen) atoms. The minimum absolute atomic E-state index is 0.459. The second-order valence-electron chi connectivity index (χ2n) is 3.22. The Morgan fingerprint density at radius 1 is 1.57 bits per heavy atom. The molecule has 0 saturated heterocycles. The Bertz CT molecular complexity index is 275. The van der Waals surface area contributed by atoms with Gasteiger partial charge in [-0.2, -0.15) is 0 Å². The van der Waals surface area contributed by atoms with Gasteiger partial charge in [0.15, 0.2) is 0 Å². The Hall–Kier alpha value is 0.490. The average Bonchev–Trinajstić information content (AvgIpc) is 2.60. The largest absolute Gasteiger partial charge is 0.329 e. The highest BCUT2D eigenvalue weighted by atomic mass is 79.9. The van der Waals surface area contributed by atoms with Gasteiger partial charge in [0.2, 0.25) is 0 Å². The van der Waals surface area contributed by atoms with E-state index in [2.05, 4.69) is 41.9 Å². The first-order valence-electron chi connectivity index (χ1n) is 4.78. The molecule has 1 aromatic heterocycles. The second kappa shape index (κ2) is 6.16. The van der Waals surface area contributed by atoms with E-state index in [9.17, 15) is 0 Å². The van der Waals surface area contributed by atoms with Gasteiger partial charge >= 0.3 is 0 Å². The summed E-state index contributed by atoms with van der Waals surface area (Å²) in [5, 5.41) is 1.14. The van der Waals surface area contributed by atoms with Crippen LogP contribution in [0.2, 0.25) is 0 Å². The summed E-state index contributed by atoms with van der Waals surface area (Å²) in [5.41, 5.74) is 5.79. The molecule has 1 aromatic rings. The molecule has 0 aliphatic carbocycles. The number of hydrogen-bond acceptors (Lipinski definition) is 3. The molecule has 1 heterocycles. The number of thiophene rings is 1. The lowest BCUT2D eigenvalue weighted by Crippen LogP contribution is -2.11. The van der Waals surface area contributed by atoms with Crippen molar-refractivity contribution in [2.24, 2.45) is 5.73 Å². The minimum Gasteiger partial charge on any atom is -0.329 e. The Labute approximate surface area is 103 Å². The molecule has 0 spiro atoms. The third-order valence-electron chi connectivity index (χ3n) is 2.10. The van der Waals surface area contributed by atoms with Crippen LogP contribution in [0.3, 0.4) is 0 Å². The molecular formula is C10H16BrNS2. The van der Waals surface area contributed by atoms with E-state index in [0.717, 1.165) is 6.54 Å². The first-order chi connectivity index (χ1) is 6.67. The number of hydrogen-bond donors (Lipinski definition) is 1. The van der Waals surface area contributed by atoms with Crippen molar-refractivity contribution in [1.29, 1.82) is 0 Å². The van der Waals surface area contributed by atoms with Crippen molar-refractivity contribution < 1.29 is 0 Å². The quantitative estimate of drug-likeness (QED) is 0.887. The molecule has 0 saturated carbocycles. The van der Waals surface area contributed by atoms with Crippen molar-refractivity contribution in [1.82, 2.24) is 0 Å². The van der Waals surface area contributed by atoms with E-state index in [-0.39, 0.29) is 0 Å². The smallest absolute Gasteiger partial charge is 0.0701 e. The monoisotopic (exact) mass is 293 g/mol. The predicted octanol–water partition coefficient (Wildman–Crippen LogP) is 4.04. The van der Waals surface area contributed by atoms with Crippen LogP contribution in [-0.2, 0) is 0 Å². The average molecular weight is 294 g/mol. The van der Waals surface area contributed by atoms with Gasteiger partial charge in [-0.05, 0) is 34.5 Å². The van der Waals surface area contributed by atoms with Gasteiger partial charge in [0.05, 0.1) is 9.04 Å². The molecule has 0 aliphatic rings. The molecule has 0 radical (unpaired) electrons. The fourth-order valence-electron chi connectivity index (χ4n) is 1.12. The van der Waals surface area contributed by atoms with Crippen LogP contribution in [0.1, 0.15) is 30.4 Å². The molecule has 1 nitrogen and oxygen atoms in total. The molecule has 0 aromatic carbocycles. The summed E-state index contributed by atoms with van der Waals surface area (Å²) in [5.74, 6) is 0. The number of rotatable bonds is 5. The zero-order valence-electron chi connectivity index (χ0n) is 8.50. The van der Waals surface area contributed by atoms with Crippen LogP contribution in [0.15, 0.2) is 15.9 Å². The third-order valence-corrected chi connectivity index (χ3v) is 5.56. The number of thioether (sulfide) groups is 1. The zero-order chi connectivity index (χ0) is 10.6. The van der Waals surface area contributed by atoms with Crippen molar-refractivity contribution in [2.45, 2.75) is 30.8 Å². The van der Waals surface area contributed by atoms with Gasteiger partial charge in [-0.25, -0.2) is 0 Å². The summed E-state index contributed by atoms with van der Waals surface area (Å²) in [6.45, 7) is 5.20. The molecule has 2 N–H and O–H groups in total. The molecule has 0 bridgehead atoms. The summed E-state index contributed by atoms with van der Waals surface area (Å²) in [7, 11) is 0. The first kappa shape index (κ1) is 12.6. The predicted molar refractivity (Wildman–Crippen MR) is 71.2 cm³/mol. The highest BCUT2D eigenvalue weighted by Crippen LogP contribution is 2.37.